The second-order valence-corrected chi connectivity index (χ2v) is 5.86. The van der Waals surface area contributed by atoms with Gasteiger partial charge in [0, 0.05) is 23.8 Å². The summed E-state index contributed by atoms with van der Waals surface area (Å²) in [4.78, 5) is 4.38. The van der Waals surface area contributed by atoms with E-state index in [2.05, 4.69) is 55.3 Å². The van der Waals surface area contributed by atoms with Crippen LogP contribution in [0, 0.1) is 5.92 Å². The third kappa shape index (κ3) is 3.80. The maximum atomic E-state index is 4.38. The van der Waals surface area contributed by atoms with E-state index in [1.165, 1.54) is 29.2 Å². The van der Waals surface area contributed by atoms with Crippen molar-refractivity contribution in [2.75, 3.05) is 6.54 Å². The molecule has 1 N–H and O–H groups in total. The Morgan fingerprint density at radius 1 is 1.15 bits per heavy atom. The third-order valence-electron chi connectivity index (χ3n) is 3.94. The molecule has 1 atom stereocenters. The van der Waals surface area contributed by atoms with Crippen molar-refractivity contribution >= 4 is 10.8 Å². The van der Waals surface area contributed by atoms with E-state index >= 15 is 0 Å². The maximum absolute atomic E-state index is 4.38. The first-order chi connectivity index (χ1) is 9.72. The van der Waals surface area contributed by atoms with Crippen molar-refractivity contribution in [2.45, 2.75) is 46.1 Å². The van der Waals surface area contributed by atoms with Crippen LogP contribution in [0.25, 0.3) is 10.8 Å². The molecule has 1 aromatic carbocycles. The fraction of sp³-hybridized carbons (Fsp3) is 0.500. The molecule has 108 valence electrons. The first-order valence-corrected chi connectivity index (χ1v) is 7.77. The number of pyridine rings is 1. The van der Waals surface area contributed by atoms with Gasteiger partial charge in [-0.2, -0.15) is 0 Å². The van der Waals surface area contributed by atoms with E-state index in [-0.39, 0.29) is 0 Å². The lowest BCUT2D eigenvalue weighted by molar-refractivity contribution is 0.378. The smallest absolute Gasteiger partial charge is 0.0346 e. The zero-order valence-corrected chi connectivity index (χ0v) is 12.9. The van der Waals surface area contributed by atoms with Crippen LogP contribution in [-0.4, -0.2) is 17.6 Å². The van der Waals surface area contributed by atoms with E-state index < -0.39 is 0 Å². The number of nitrogens with one attached hydrogen (secondary N) is 1. The molecule has 2 rings (SSSR count). The summed E-state index contributed by atoms with van der Waals surface area (Å²) < 4.78 is 0. The van der Waals surface area contributed by atoms with Gasteiger partial charge in [0.1, 0.15) is 0 Å². The molecule has 2 nitrogen and oxygen atoms in total. The topological polar surface area (TPSA) is 24.9 Å². The monoisotopic (exact) mass is 270 g/mol. The molecule has 1 aromatic heterocycles. The van der Waals surface area contributed by atoms with Crippen LogP contribution in [0.2, 0.25) is 0 Å². The van der Waals surface area contributed by atoms with Gasteiger partial charge in [0.2, 0.25) is 0 Å². The first-order valence-electron chi connectivity index (χ1n) is 7.77. The average molecular weight is 270 g/mol. The lowest BCUT2D eigenvalue weighted by Crippen LogP contribution is -2.34. The third-order valence-corrected chi connectivity index (χ3v) is 3.94. The van der Waals surface area contributed by atoms with Gasteiger partial charge in [0.25, 0.3) is 0 Å². The van der Waals surface area contributed by atoms with Gasteiger partial charge in [0.05, 0.1) is 0 Å². The van der Waals surface area contributed by atoms with Crippen molar-refractivity contribution < 1.29 is 0 Å². The number of hydrogen-bond acceptors (Lipinski definition) is 2. The van der Waals surface area contributed by atoms with Crippen molar-refractivity contribution in [1.82, 2.24) is 10.3 Å². The highest BCUT2D eigenvalue weighted by Crippen LogP contribution is 2.20. The van der Waals surface area contributed by atoms with Crippen molar-refractivity contribution in [3.05, 3.63) is 42.2 Å². The van der Waals surface area contributed by atoms with E-state index in [0.717, 1.165) is 13.0 Å². The summed E-state index contributed by atoms with van der Waals surface area (Å²) in [6.07, 6.45) is 7.44. The molecule has 2 heteroatoms. The Morgan fingerprint density at radius 3 is 2.70 bits per heavy atom. The fourth-order valence-electron chi connectivity index (χ4n) is 2.69. The van der Waals surface area contributed by atoms with Crippen LogP contribution in [-0.2, 0) is 6.42 Å². The second-order valence-electron chi connectivity index (χ2n) is 5.86. The van der Waals surface area contributed by atoms with Gasteiger partial charge in [-0.1, -0.05) is 45.0 Å². The summed E-state index contributed by atoms with van der Waals surface area (Å²) in [6.45, 7) is 7.93. The molecule has 0 aliphatic rings. The summed E-state index contributed by atoms with van der Waals surface area (Å²) >= 11 is 0. The van der Waals surface area contributed by atoms with Gasteiger partial charge >= 0.3 is 0 Å². The molecule has 0 saturated heterocycles. The molecule has 0 fully saturated rings. The van der Waals surface area contributed by atoms with Crippen LogP contribution in [0.3, 0.4) is 0 Å². The molecule has 2 aromatic rings. The Labute approximate surface area is 122 Å². The van der Waals surface area contributed by atoms with Crippen LogP contribution < -0.4 is 5.32 Å². The summed E-state index contributed by atoms with van der Waals surface area (Å²) in [5.74, 6) is 0.671. The highest BCUT2D eigenvalue weighted by molar-refractivity contribution is 5.84. The zero-order valence-electron chi connectivity index (χ0n) is 12.9. The molecule has 0 aliphatic carbocycles. The molecule has 0 bridgehead atoms. The molecule has 1 heterocycles. The van der Waals surface area contributed by atoms with Crippen molar-refractivity contribution in [2.24, 2.45) is 5.92 Å². The molecule has 1 unspecified atom stereocenters. The van der Waals surface area contributed by atoms with E-state index in [9.17, 15) is 0 Å². The number of fused-ring (bicyclic) bond motifs is 1. The highest BCUT2D eigenvalue weighted by Gasteiger charge is 2.13. The Hall–Kier alpha value is -1.41. The van der Waals surface area contributed by atoms with Gasteiger partial charge in [-0.25, -0.2) is 0 Å². The van der Waals surface area contributed by atoms with Crippen LogP contribution in [0.15, 0.2) is 36.7 Å². The first kappa shape index (κ1) is 15.0. The SMILES string of the molecule is CCCNC(CCc1cncc2ccccc12)C(C)C. The number of aryl methyl sites for hydroxylation is 1. The lowest BCUT2D eigenvalue weighted by atomic mass is 9.95. The molecule has 0 saturated carbocycles. The highest BCUT2D eigenvalue weighted by atomic mass is 14.9. The van der Waals surface area contributed by atoms with Crippen LogP contribution in [0.5, 0.6) is 0 Å². The van der Waals surface area contributed by atoms with Crippen molar-refractivity contribution in [3.63, 3.8) is 0 Å². The fourth-order valence-corrected chi connectivity index (χ4v) is 2.69. The number of rotatable bonds is 7. The minimum absolute atomic E-state index is 0.592. The number of nitrogens with zero attached hydrogens (tertiary/aromatic N) is 1. The summed E-state index contributed by atoms with van der Waals surface area (Å²) in [7, 11) is 0. The number of aromatic nitrogens is 1. The van der Waals surface area contributed by atoms with Gasteiger partial charge < -0.3 is 5.32 Å². The van der Waals surface area contributed by atoms with Crippen molar-refractivity contribution in [3.8, 4) is 0 Å². The van der Waals surface area contributed by atoms with Gasteiger partial charge in [-0.05, 0) is 42.7 Å². The molecule has 0 radical (unpaired) electrons. The van der Waals surface area contributed by atoms with Gasteiger partial charge in [-0.3, -0.25) is 4.98 Å². The quantitative estimate of drug-likeness (QED) is 0.816. The number of hydrogen-bond donors (Lipinski definition) is 1. The van der Waals surface area contributed by atoms with E-state index in [0.29, 0.717) is 12.0 Å². The van der Waals surface area contributed by atoms with Crippen molar-refractivity contribution in [1.29, 1.82) is 0 Å². The van der Waals surface area contributed by atoms with Crippen LogP contribution >= 0.6 is 0 Å². The Bertz CT molecular complexity index is 528. The molecule has 0 aliphatic heterocycles. The number of benzene rings is 1. The van der Waals surface area contributed by atoms with E-state index in [1.807, 2.05) is 12.4 Å². The molecule has 20 heavy (non-hydrogen) atoms. The Morgan fingerprint density at radius 2 is 1.95 bits per heavy atom. The summed E-state index contributed by atoms with van der Waals surface area (Å²) in [6, 6.07) is 9.13. The second kappa shape index (κ2) is 7.39. The predicted molar refractivity (Wildman–Crippen MR) is 87.0 cm³/mol. The molecule has 0 spiro atoms. The Balaban J connectivity index is 2.07. The average Bonchev–Trinajstić information content (AvgIpc) is 2.47. The zero-order chi connectivity index (χ0) is 14.4. The molecule has 0 amide bonds. The van der Waals surface area contributed by atoms with E-state index in [1.54, 1.807) is 0 Å². The Kier molecular flexibility index (Phi) is 5.54. The predicted octanol–water partition coefficient (Wildman–Crippen LogP) is 4.19. The molecular formula is C18H26N2. The van der Waals surface area contributed by atoms with E-state index in [4.69, 9.17) is 0 Å². The van der Waals surface area contributed by atoms with Crippen LogP contribution in [0.4, 0.5) is 0 Å². The lowest BCUT2D eigenvalue weighted by Gasteiger charge is -2.22. The van der Waals surface area contributed by atoms with Crippen LogP contribution in [0.1, 0.15) is 39.2 Å². The largest absolute Gasteiger partial charge is 0.314 e. The normalized spacial score (nSPS) is 13.0. The maximum Gasteiger partial charge on any atom is 0.0346 e. The minimum Gasteiger partial charge on any atom is -0.314 e. The standard InChI is InChI=1S/C18H26N2/c1-4-11-20-18(14(2)3)10-9-16-13-19-12-15-7-5-6-8-17(15)16/h5-8,12-14,18,20H,4,9-11H2,1-3H3. The van der Waals surface area contributed by atoms with Gasteiger partial charge in [0.15, 0.2) is 0 Å². The summed E-state index contributed by atoms with van der Waals surface area (Å²) in [5, 5.41) is 6.26. The summed E-state index contributed by atoms with van der Waals surface area (Å²) in [5.41, 5.74) is 1.37. The molecular weight excluding hydrogens is 244 g/mol. The minimum atomic E-state index is 0.592. The van der Waals surface area contributed by atoms with Gasteiger partial charge in [-0.15, -0.1) is 0 Å².